The lowest BCUT2D eigenvalue weighted by molar-refractivity contribution is 0.773. The first kappa shape index (κ1) is 15.8. The zero-order valence-corrected chi connectivity index (χ0v) is 12.9. The maximum atomic E-state index is 12.1. The zero-order chi connectivity index (χ0) is 15.9. The van der Waals surface area contributed by atoms with Crippen LogP contribution in [0.3, 0.4) is 0 Å². The lowest BCUT2D eigenvalue weighted by atomic mass is 10.1. The number of aryl methyl sites for hydroxylation is 1. The van der Waals surface area contributed by atoms with E-state index in [1.807, 2.05) is 25.1 Å². The molecule has 0 bridgehead atoms. The number of aromatic amines is 1. The maximum absolute atomic E-state index is 12.1. The summed E-state index contributed by atoms with van der Waals surface area (Å²) >= 11 is 0. The average molecular weight is 296 g/mol. The molecule has 2 rings (SSSR count). The van der Waals surface area contributed by atoms with Crippen LogP contribution in [-0.4, -0.2) is 9.97 Å². The highest BCUT2D eigenvalue weighted by Crippen LogP contribution is 2.09. The number of benzene rings is 1. The van der Waals surface area contributed by atoms with E-state index < -0.39 is 0 Å². The van der Waals surface area contributed by atoms with Crippen molar-refractivity contribution in [3.8, 4) is 6.07 Å². The van der Waals surface area contributed by atoms with Gasteiger partial charge in [-0.3, -0.25) is 9.78 Å². The molecular formula is C17H20N4O. The number of aromatic nitrogens is 2. The summed E-state index contributed by atoms with van der Waals surface area (Å²) in [6, 6.07) is 9.45. The number of anilines is 1. The van der Waals surface area contributed by atoms with E-state index in [1.54, 1.807) is 6.07 Å². The number of hydrogen-bond acceptors (Lipinski definition) is 4. The number of nitrogens with one attached hydrogen (secondary N) is 2. The van der Waals surface area contributed by atoms with Gasteiger partial charge in [0.05, 0.1) is 11.6 Å². The van der Waals surface area contributed by atoms with E-state index in [2.05, 4.69) is 28.3 Å². The van der Waals surface area contributed by atoms with E-state index >= 15 is 0 Å². The molecule has 0 aliphatic rings. The normalized spacial score (nSPS) is 10.2. The molecule has 0 saturated heterocycles. The second-order valence-electron chi connectivity index (χ2n) is 5.25. The summed E-state index contributed by atoms with van der Waals surface area (Å²) in [5.41, 5.74) is 3.04. The van der Waals surface area contributed by atoms with Crippen molar-refractivity contribution in [2.24, 2.45) is 0 Å². The molecule has 0 fully saturated rings. The number of hydrogen-bond donors (Lipinski definition) is 2. The Labute approximate surface area is 130 Å². The number of nitrogens with zero attached hydrogens (tertiary/aromatic N) is 2. The second-order valence-corrected chi connectivity index (χ2v) is 5.25. The highest BCUT2D eigenvalue weighted by molar-refractivity contribution is 5.36. The van der Waals surface area contributed by atoms with Gasteiger partial charge in [-0.1, -0.05) is 25.5 Å². The number of H-pyrrole nitrogens is 1. The maximum Gasteiger partial charge on any atom is 0.255 e. The van der Waals surface area contributed by atoms with Crippen LogP contribution < -0.4 is 10.9 Å². The molecule has 0 radical (unpaired) electrons. The van der Waals surface area contributed by atoms with Crippen molar-refractivity contribution < 1.29 is 0 Å². The molecule has 0 spiro atoms. The lowest BCUT2D eigenvalue weighted by Crippen LogP contribution is -2.19. The molecule has 5 heteroatoms. The minimum absolute atomic E-state index is 0.0748. The molecule has 1 heterocycles. The average Bonchev–Trinajstić information content (AvgIpc) is 2.52. The van der Waals surface area contributed by atoms with Crippen LogP contribution in [0.2, 0.25) is 0 Å². The summed E-state index contributed by atoms with van der Waals surface area (Å²) < 4.78 is 0. The Bertz CT molecular complexity index is 743. The van der Waals surface area contributed by atoms with Gasteiger partial charge in [-0.2, -0.15) is 5.26 Å². The summed E-state index contributed by atoms with van der Waals surface area (Å²) in [6.07, 6.45) is 2.79. The largest absolute Gasteiger partial charge is 0.352 e. The van der Waals surface area contributed by atoms with Gasteiger partial charge < -0.3 is 5.32 Å². The monoisotopic (exact) mass is 296 g/mol. The first-order valence-electron chi connectivity index (χ1n) is 7.46. The fraction of sp³-hybridized carbons (Fsp3) is 0.353. The van der Waals surface area contributed by atoms with Crippen molar-refractivity contribution in [1.82, 2.24) is 9.97 Å². The highest BCUT2D eigenvalue weighted by atomic mass is 16.1. The molecule has 0 saturated carbocycles. The van der Waals surface area contributed by atoms with E-state index in [-0.39, 0.29) is 5.56 Å². The molecule has 22 heavy (non-hydrogen) atoms. The van der Waals surface area contributed by atoms with Crippen molar-refractivity contribution >= 4 is 5.95 Å². The molecule has 2 N–H and O–H groups in total. The molecule has 0 amide bonds. The SMILES string of the molecule is CCCCc1c(C)nc(NCc2cccc(C#N)c2)[nH]c1=O. The number of unbranched alkanes of at least 4 members (excludes halogenated alkanes) is 1. The molecule has 1 aromatic carbocycles. The first-order chi connectivity index (χ1) is 10.6. The lowest BCUT2D eigenvalue weighted by Gasteiger charge is -2.09. The van der Waals surface area contributed by atoms with Crippen LogP contribution in [0.4, 0.5) is 5.95 Å². The predicted molar refractivity (Wildman–Crippen MR) is 86.7 cm³/mol. The minimum Gasteiger partial charge on any atom is -0.352 e. The second kappa shape index (κ2) is 7.41. The van der Waals surface area contributed by atoms with Crippen LogP contribution in [-0.2, 0) is 13.0 Å². The molecular weight excluding hydrogens is 276 g/mol. The Balaban J connectivity index is 2.10. The summed E-state index contributed by atoms with van der Waals surface area (Å²) in [7, 11) is 0. The topological polar surface area (TPSA) is 81.6 Å². The van der Waals surface area contributed by atoms with Crippen molar-refractivity contribution in [3.05, 3.63) is 57.0 Å². The highest BCUT2D eigenvalue weighted by Gasteiger charge is 2.07. The third-order valence-corrected chi connectivity index (χ3v) is 3.52. The molecule has 1 aromatic heterocycles. The van der Waals surface area contributed by atoms with Crippen molar-refractivity contribution in [2.75, 3.05) is 5.32 Å². The van der Waals surface area contributed by atoms with Crippen molar-refractivity contribution in [2.45, 2.75) is 39.7 Å². The summed E-state index contributed by atoms with van der Waals surface area (Å²) in [5.74, 6) is 0.463. The Hall–Kier alpha value is -2.61. The summed E-state index contributed by atoms with van der Waals surface area (Å²) in [4.78, 5) is 19.3. The smallest absolute Gasteiger partial charge is 0.255 e. The zero-order valence-electron chi connectivity index (χ0n) is 12.9. The Kier molecular flexibility index (Phi) is 5.31. The standard InChI is InChI=1S/C17H20N4O/c1-3-4-8-15-12(2)20-17(21-16(15)22)19-11-14-7-5-6-13(9-14)10-18/h5-7,9H,3-4,8,11H2,1-2H3,(H2,19,20,21,22). The third-order valence-electron chi connectivity index (χ3n) is 3.52. The molecule has 0 aliphatic carbocycles. The van der Waals surface area contributed by atoms with Gasteiger partial charge in [0, 0.05) is 17.8 Å². The van der Waals surface area contributed by atoms with E-state index in [9.17, 15) is 4.79 Å². The number of nitriles is 1. The van der Waals surface area contributed by atoms with Crippen LogP contribution in [0, 0.1) is 18.3 Å². The van der Waals surface area contributed by atoms with E-state index in [4.69, 9.17) is 5.26 Å². The molecule has 114 valence electrons. The van der Waals surface area contributed by atoms with Gasteiger partial charge in [-0.25, -0.2) is 4.98 Å². The summed E-state index contributed by atoms with van der Waals surface area (Å²) in [5, 5.41) is 12.0. The molecule has 5 nitrogen and oxygen atoms in total. The Morgan fingerprint density at radius 1 is 1.41 bits per heavy atom. The molecule has 0 aliphatic heterocycles. The van der Waals surface area contributed by atoms with Gasteiger partial charge in [0.25, 0.3) is 5.56 Å². The van der Waals surface area contributed by atoms with E-state index in [0.717, 1.165) is 36.1 Å². The molecule has 2 aromatic rings. The van der Waals surface area contributed by atoms with Gasteiger partial charge in [0.15, 0.2) is 0 Å². The van der Waals surface area contributed by atoms with Crippen LogP contribution in [0.1, 0.15) is 42.1 Å². The van der Waals surface area contributed by atoms with Gasteiger partial charge in [-0.05, 0) is 37.5 Å². The van der Waals surface area contributed by atoms with Crippen molar-refractivity contribution in [1.29, 1.82) is 5.26 Å². The van der Waals surface area contributed by atoms with Gasteiger partial charge in [0.1, 0.15) is 0 Å². The fourth-order valence-electron chi connectivity index (χ4n) is 2.28. The van der Waals surface area contributed by atoms with Gasteiger partial charge >= 0.3 is 0 Å². The quantitative estimate of drug-likeness (QED) is 0.858. The van der Waals surface area contributed by atoms with E-state index in [1.165, 1.54) is 0 Å². The molecule has 0 atom stereocenters. The predicted octanol–water partition coefficient (Wildman–Crippen LogP) is 2.90. The van der Waals surface area contributed by atoms with Gasteiger partial charge in [0.2, 0.25) is 5.95 Å². The summed E-state index contributed by atoms with van der Waals surface area (Å²) in [6.45, 7) is 4.47. The van der Waals surface area contributed by atoms with Crippen LogP contribution in [0.5, 0.6) is 0 Å². The van der Waals surface area contributed by atoms with Crippen LogP contribution >= 0.6 is 0 Å². The Morgan fingerprint density at radius 2 is 2.23 bits per heavy atom. The molecule has 0 unspecified atom stereocenters. The first-order valence-corrected chi connectivity index (χ1v) is 7.46. The van der Waals surface area contributed by atoms with E-state index in [0.29, 0.717) is 18.1 Å². The van der Waals surface area contributed by atoms with Crippen LogP contribution in [0.15, 0.2) is 29.1 Å². The van der Waals surface area contributed by atoms with Gasteiger partial charge in [-0.15, -0.1) is 0 Å². The minimum atomic E-state index is -0.0748. The Morgan fingerprint density at radius 3 is 2.91 bits per heavy atom. The third kappa shape index (κ3) is 3.95. The van der Waals surface area contributed by atoms with Crippen molar-refractivity contribution in [3.63, 3.8) is 0 Å². The van der Waals surface area contributed by atoms with Crippen LogP contribution in [0.25, 0.3) is 0 Å². The number of rotatable bonds is 6. The fourth-order valence-corrected chi connectivity index (χ4v) is 2.28.